The molecule has 5 rings (SSSR count). The van der Waals surface area contributed by atoms with E-state index in [1.807, 2.05) is 66.4 Å². The Labute approximate surface area is 203 Å². The molecule has 1 aliphatic heterocycles. The minimum Gasteiger partial charge on any atom is -0.496 e. The van der Waals surface area contributed by atoms with Crippen LogP contribution in [0.15, 0.2) is 83.7 Å². The number of benzene rings is 3. The molecule has 1 aliphatic rings. The van der Waals surface area contributed by atoms with Gasteiger partial charge in [-0.15, -0.1) is 0 Å². The fourth-order valence-corrected chi connectivity index (χ4v) is 4.52. The van der Waals surface area contributed by atoms with Crippen LogP contribution in [0.1, 0.15) is 22.4 Å². The summed E-state index contributed by atoms with van der Waals surface area (Å²) in [7, 11) is 1.65. The number of aromatic nitrogens is 2. The van der Waals surface area contributed by atoms with Crippen LogP contribution in [0.5, 0.6) is 5.75 Å². The molecular weight excluding hydrogens is 443 g/mol. The summed E-state index contributed by atoms with van der Waals surface area (Å²) in [5.41, 5.74) is 4.18. The van der Waals surface area contributed by atoms with Crippen molar-refractivity contribution in [1.29, 1.82) is 0 Å². The Morgan fingerprint density at radius 1 is 0.943 bits per heavy atom. The first-order valence-corrected chi connectivity index (χ1v) is 11.5. The highest BCUT2D eigenvalue weighted by molar-refractivity contribution is 5.58. The molecule has 0 unspecified atom stereocenters. The van der Waals surface area contributed by atoms with Gasteiger partial charge in [-0.3, -0.25) is 19.2 Å². The number of rotatable bonds is 6. The van der Waals surface area contributed by atoms with E-state index in [-0.39, 0.29) is 11.4 Å². The van der Waals surface area contributed by atoms with E-state index in [0.717, 1.165) is 22.6 Å². The third-order valence-corrected chi connectivity index (χ3v) is 6.32. The maximum absolute atomic E-state index is 13.8. The Morgan fingerprint density at radius 3 is 2.40 bits per heavy atom. The average molecular weight is 471 g/mol. The van der Waals surface area contributed by atoms with Crippen molar-refractivity contribution >= 4 is 11.6 Å². The molecule has 0 bridgehead atoms. The molecule has 0 radical (unpaired) electrons. The van der Waals surface area contributed by atoms with Gasteiger partial charge < -0.3 is 4.74 Å². The van der Waals surface area contributed by atoms with Crippen LogP contribution in [0.3, 0.4) is 0 Å². The molecule has 0 saturated carbocycles. The van der Waals surface area contributed by atoms with Gasteiger partial charge >= 0.3 is 0 Å². The Hall–Kier alpha value is -3.97. The van der Waals surface area contributed by atoms with Crippen molar-refractivity contribution in [2.75, 3.05) is 18.7 Å². The second-order valence-electron chi connectivity index (χ2n) is 8.70. The largest absolute Gasteiger partial charge is 0.496 e. The van der Waals surface area contributed by atoms with E-state index in [2.05, 4.69) is 4.90 Å². The molecule has 0 spiro atoms. The lowest BCUT2D eigenvalue weighted by Gasteiger charge is -2.38. The summed E-state index contributed by atoms with van der Waals surface area (Å²) in [6.07, 6.45) is 0.516. The van der Waals surface area contributed by atoms with Crippen molar-refractivity contribution in [3.05, 3.63) is 117 Å². The highest BCUT2D eigenvalue weighted by atomic mass is 19.1. The third-order valence-electron chi connectivity index (χ3n) is 6.32. The number of para-hydroxylation sites is 1. The molecular formula is C28H27FN4O2. The van der Waals surface area contributed by atoms with E-state index in [4.69, 9.17) is 9.72 Å². The van der Waals surface area contributed by atoms with Crippen molar-refractivity contribution in [2.24, 2.45) is 0 Å². The lowest BCUT2D eigenvalue weighted by atomic mass is 10.1. The highest BCUT2D eigenvalue weighted by Crippen LogP contribution is 2.30. The predicted molar refractivity (Wildman–Crippen MR) is 134 cm³/mol. The quantitative estimate of drug-likeness (QED) is 0.403. The summed E-state index contributed by atoms with van der Waals surface area (Å²) in [5.74, 6) is 1.05. The van der Waals surface area contributed by atoms with Gasteiger partial charge in [-0.25, -0.2) is 9.37 Å². The van der Waals surface area contributed by atoms with Gasteiger partial charge in [0.1, 0.15) is 11.6 Å². The van der Waals surface area contributed by atoms with Gasteiger partial charge in [-0.2, -0.15) is 0 Å². The third kappa shape index (κ3) is 4.68. The minimum atomic E-state index is -0.309. The van der Waals surface area contributed by atoms with E-state index < -0.39 is 0 Å². The molecule has 0 amide bonds. The van der Waals surface area contributed by atoms with Crippen molar-refractivity contribution in [1.82, 2.24) is 14.5 Å². The van der Waals surface area contributed by atoms with Crippen LogP contribution >= 0.6 is 0 Å². The van der Waals surface area contributed by atoms with E-state index in [1.54, 1.807) is 23.8 Å². The van der Waals surface area contributed by atoms with E-state index >= 15 is 0 Å². The molecule has 7 heteroatoms. The molecule has 0 fully saturated rings. The molecule has 178 valence electrons. The number of hydrogen-bond acceptors (Lipinski definition) is 5. The second-order valence-corrected chi connectivity index (χ2v) is 8.70. The zero-order valence-corrected chi connectivity index (χ0v) is 19.8. The Balaban J connectivity index is 1.58. The number of fused-ring (bicyclic) bond motifs is 1. The van der Waals surface area contributed by atoms with Crippen LogP contribution in [-0.2, 0) is 19.6 Å². The van der Waals surface area contributed by atoms with Gasteiger partial charge in [0.15, 0.2) is 0 Å². The first-order chi connectivity index (χ1) is 17.0. The number of nitrogens with zero attached hydrogens (tertiary/aromatic N) is 4. The first kappa shape index (κ1) is 22.8. The van der Waals surface area contributed by atoms with Crippen LogP contribution in [0.25, 0.3) is 0 Å². The summed E-state index contributed by atoms with van der Waals surface area (Å²) in [5, 5.41) is 0. The van der Waals surface area contributed by atoms with Gasteiger partial charge in [-0.1, -0.05) is 48.5 Å². The fourth-order valence-electron chi connectivity index (χ4n) is 4.52. The fraction of sp³-hybridized carbons (Fsp3) is 0.214. The Bertz CT molecular complexity index is 1390. The predicted octanol–water partition coefficient (Wildman–Crippen LogP) is 4.86. The van der Waals surface area contributed by atoms with Crippen LogP contribution in [-0.4, -0.2) is 28.2 Å². The number of halogens is 1. The molecule has 0 atom stereocenters. The van der Waals surface area contributed by atoms with Crippen LogP contribution in [0.2, 0.25) is 0 Å². The topological polar surface area (TPSA) is 50.6 Å². The number of methoxy groups -OCH3 is 1. The number of anilines is 2. The maximum Gasteiger partial charge on any atom is 0.259 e. The van der Waals surface area contributed by atoms with Gasteiger partial charge in [0.25, 0.3) is 5.56 Å². The van der Waals surface area contributed by atoms with Gasteiger partial charge in [-0.05, 0) is 42.8 Å². The normalized spacial score (nSPS) is 13.5. The molecule has 0 saturated heterocycles. The molecule has 0 aliphatic carbocycles. The Kier molecular flexibility index (Phi) is 6.33. The maximum atomic E-state index is 13.8. The van der Waals surface area contributed by atoms with Crippen molar-refractivity contribution < 1.29 is 9.13 Å². The second kappa shape index (κ2) is 9.72. The van der Waals surface area contributed by atoms with Gasteiger partial charge in [0.05, 0.1) is 26.1 Å². The summed E-state index contributed by atoms with van der Waals surface area (Å²) in [6.45, 7) is 3.34. The monoisotopic (exact) mass is 470 g/mol. The lowest BCUT2D eigenvalue weighted by molar-refractivity contribution is 0.187. The number of aryl methyl sites for hydroxylation is 1. The van der Waals surface area contributed by atoms with Crippen LogP contribution in [0, 0.1) is 12.7 Å². The zero-order chi connectivity index (χ0) is 24.4. The summed E-state index contributed by atoms with van der Waals surface area (Å²) in [4.78, 5) is 22.8. The first-order valence-electron chi connectivity index (χ1n) is 11.5. The number of ether oxygens (including phenoxy) is 1. The molecule has 6 nitrogen and oxygen atoms in total. The summed E-state index contributed by atoms with van der Waals surface area (Å²) in [6, 6.07) is 24.1. The molecule has 4 aromatic rings. The zero-order valence-electron chi connectivity index (χ0n) is 19.8. The number of hydrogen-bond donors (Lipinski definition) is 0. The SMILES string of the molecule is COc1ccccc1CN1CN(c2ccc(F)cc2)c2nc(C)c(Cc3ccccc3)c(=O)n2C1. The standard InChI is InChI=1S/C28H27FN4O2/c1-20-25(16-21-8-4-3-5-9-21)27(34)33-19-31(17-22-10-6-7-11-26(22)35-2)18-32(28(33)30-20)24-14-12-23(29)13-15-24/h3-15H,16-19H2,1-2H3. The molecule has 1 aromatic heterocycles. The average Bonchev–Trinajstić information content (AvgIpc) is 2.88. The smallest absolute Gasteiger partial charge is 0.259 e. The lowest BCUT2D eigenvalue weighted by Crippen LogP contribution is -2.47. The molecule has 0 N–H and O–H groups in total. The van der Waals surface area contributed by atoms with E-state index in [1.165, 1.54) is 12.1 Å². The van der Waals surface area contributed by atoms with Gasteiger partial charge in [0, 0.05) is 29.8 Å². The molecule has 35 heavy (non-hydrogen) atoms. The molecule has 2 heterocycles. The Morgan fingerprint density at radius 2 is 1.66 bits per heavy atom. The van der Waals surface area contributed by atoms with Crippen molar-refractivity contribution in [3.8, 4) is 5.75 Å². The summed E-state index contributed by atoms with van der Waals surface area (Å²) >= 11 is 0. The summed E-state index contributed by atoms with van der Waals surface area (Å²) < 4.78 is 20.9. The van der Waals surface area contributed by atoms with Crippen LogP contribution in [0.4, 0.5) is 16.0 Å². The van der Waals surface area contributed by atoms with Crippen molar-refractivity contribution in [2.45, 2.75) is 26.6 Å². The highest BCUT2D eigenvalue weighted by Gasteiger charge is 2.28. The van der Waals surface area contributed by atoms with Gasteiger partial charge in [0.2, 0.25) is 5.95 Å². The van der Waals surface area contributed by atoms with Crippen LogP contribution < -0.4 is 15.2 Å². The van der Waals surface area contributed by atoms with E-state index in [9.17, 15) is 9.18 Å². The minimum absolute atomic E-state index is 0.0619. The molecule has 3 aromatic carbocycles. The van der Waals surface area contributed by atoms with E-state index in [0.29, 0.717) is 43.5 Å². The van der Waals surface area contributed by atoms with Crippen molar-refractivity contribution in [3.63, 3.8) is 0 Å².